The Morgan fingerprint density at radius 3 is 2.88 bits per heavy atom. The van der Waals surface area contributed by atoms with Gasteiger partial charge in [-0.15, -0.1) is 11.3 Å². The molecule has 162 valence electrons. The number of methoxy groups -OCH3 is 1. The fraction of sp³-hybridized carbons (Fsp3) is 0.174. The maximum Gasteiger partial charge on any atom is 0.322 e. The summed E-state index contributed by atoms with van der Waals surface area (Å²) in [5, 5.41) is 9.20. The predicted molar refractivity (Wildman–Crippen MR) is 119 cm³/mol. The van der Waals surface area contributed by atoms with Crippen molar-refractivity contribution in [2.24, 2.45) is 0 Å². The largest absolute Gasteiger partial charge is 0.497 e. The van der Waals surface area contributed by atoms with Crippen molar-refractivity contribution in [3.8, 4) is 16.5 Å². The van der Waals surface area contributed by atoms with Crippen LogP contribution in [0.25, 0.3) is 16.3 Å². The molecule has 0 fully saturated rings. The van der Waals surface area contributed by atoms with Crippen molar-refractivity contribution in [2.75, 3.05) is 7.11 Å². The first-order chi connectivity index (χ1) is 15.6. The van der Waals surface area contributed by atoms with Crippen molar-refractivity contribution in [1.82, 2.24) is 20.4 Å². The Balaban J connectivity index is 1.61. The third-order valence-electron chi connectivity index (χ3n) is 5.32. The summed E-state index contributed by atoms with van der Waals surface area (Å²) >= 11 is 1.53. The molecule has 0 aliphatic carbocycles. The van der Waals surface area contributed by atoms with E-state index in [1.54, 1.807) is 24.3 Å². The maximum atomic E-state index is 13.1. The standard InChI is InChI=1S/C23H20N4O4S/c1-14-19(22-25-21(26-31-22)18-9-5-11-32-18)20(15-6-3-7-16(12-15)29-2)24-23(28)27(14)13-17-8-4-10-30-17/h3-12,20H,13H2,1-2H3,(H,24,28). The second kappa shape index (κ2) is 8.35. The van der Waals surface area contributed by atoms with E-state index >= 15 is 0 Å². The third-order valence-corrected chi connectivity index (χ3v) is 6.18. The second-order valence-electron chi connectivity index (χ2n) is 7.22. The van der Waals surface area contributed by atoms with Crippen LogP contribution in [0.2, 0.25) is 0 Å². The fourth-order valence-electron chi connectivity index (χ4n) is 3.72. The number of urea groups is 1. The molecule has 1 atom stereocenters. The number of ether oxygens (including phenoxy) is 1. The first-order valence-corrected chi connectivity index (χ1v) is 10.8. The van der Waals surface area contributed by atoms with Gasteiger partial charge in [0, 0.05) is 5.70 Å². The molecular formula is C23H20N4O4S. The number of amides is 2. The van der Waals surface area contributed by atoms with Crippen LogP contribution in [0, 0.1) is 0 Å². The quantitative estimate of drug-likeness (QED) is 0.441. The number of thiophene rings is 1. The summed E-state index contributed by atoms with van der Waals surface area (Å²) in [7, 11) is 1.61. The molecule has 1 aliphatic heterocycles. The highest BCUT2D eigenvalue weighted by Crippen LogP contribution is 2.38. The van der Waals surface area contributed by atoms with Gasteiger partial charge in [-0.2, -0.15) is 4.98 Å². The molecule has 4 heterocycles. The SMILES string of the molecule is COc1cccc(C2NC(=O)N(Cc3ccco3)C(C)=C2c2nc(-c3cccs3)no2)c1. The molecule has 0 spiro atoms. The Labute approximate surface area is 188 Å². The molecule has 0 radical (unpaired) electrons. The topological polar surface area (TPSA) is 93.6 Å². The van der Waals surface area contributed by atoms with Gasteiger partial charge in [-0.1, -0.05) is 23.4 Å². The van der Waals surface area contributed by atoms with Gasteiger partial charge in [0.1, 0.15) is 11.5 Å². The van der Waals surface area contributed by atoms with Crippen molar-refractivity contribution in [3.63, 3.8) is 0 Å². The number of carbonyl (C=O) groups is 1. The summed E-state index contributed by atoms with van der Waals surface area (Å²) in [6.07, 6.45) is 1.58. The molecule has 0 saturated heterocycles. The Morgan fingerprint density at radius 2 is 2.12 bits per heavy atom. The van der Waals surface area contributed by atoms with E-state index in [0.29, 0.717) is 28.9 Å². The predicted octanol–water partition coefficient (Wildman–Crippen LogP) is 5.10. The maximum absolute atomic E-state index is 13.1. The van der Waals surface area contributed by atoms with Crippen molar-refractivity contribution in [1.29, 1.82) is 0 Å². The van der Waals surface area contributed by atoms with Crippen LogP contribution in [0.15, 0.2) is 74.8 Å². The Kier molecular flexibility index (Phi) is 5.24. The van der Waals surface area contributed by atoms with Crippen LogP contribution in [0.1, 0.15) is 30.2 Å². The summed E-state index contributed by atoms with van der Waals surface area (Å²) in [5.41, 5.74) is 2.28. The zero-order valence-corrected chi connectivity index (χ0v) is 18.3. The average Bonchev–Trinajstić information content (AvgIpc) is 3.58. The van der Waals surface area contributed by atoms with Gasteiger partial charge in [0.05, 0.1) is 36.4 Å². The summed E-state index contributed by atoms with van der Waals surface area (Å²) in [6.45, 7) is 2.16. The molecule has 32 heavy (non-hydrogen) atoms. The molecule has 1 unspecified atom stereocenters. The van der Waals surface area contributed by atoms with E-state index in [4.69, 9.17) is 13.7 Å². The number of nitrogens with one attached hydrogen (secondary N) is 1. The molecule has 1 N–H and O–H groups in total. The van der Waals surface area contributed by atoms with Crippen LogP contribution in [0.4, 0.5) is 4.79 Å². The number of allylic oxidation sites excluding steroid dienone is 1. The van der Waals surface area contributed by atoms with Crippen LogP contribution in [-0.2, 0) is 6.54 Å². The summed E-state index contributed by atoms with van der Waals surface area (Å²) in [5.74, 6) is 2.22. The van der Waals surface area contributed by atoms with E-state index < -0.39 is 6.04 Å². The number of carbonyl (C=O) groups excluding carboxylic acids is 1. The minimum atomic E-state index is -0.484. The number of aromatic nitrogens is 2. The molecule has 0 saturated carbocycles. The summed E-state index contributed by atoms with van der Waals surface area (Å²) in [6, 6.07) is 14.3. The van der Waals surface area contributed by atoms with Crippen molar-refractivity contribution >= 4 is 22.9 Å². The van der Waals surface area contributed by atoms with Crippen LogP contribution < -0.4 is 10.1 Å². The van der Waals surface area contributed by atoms with Gasteiger partial charge in [0.15, 0.2) is 0 Å². The first kappa shape index (κ1) is 20.1. The molecule has 1 aliphatic rings. The van der Waals surface area contributed by atoms with Gasteiger partial charge >= 0.3 is 6.03 Å². The number of hydrogen-bond acceptors (Lipinski definition) is 7. The number of hydrogen-bond donors (Lipinski definition) is 1. The number of furan rings is 1. The molecule has 1 aromatic carbocycles. The summed E-state index contributed by atoms with van der Waals surface area (Å²) in [4.78, 5) is 20.2. The van der Waals surface area contributed by atoms with Crippen LogP contribution in [0.3, 0.4) is 0 Å². The first-order valence-electron chi connectivity index (χ1n) is 9.97. The Hall–Kier alpha value is -3.85. The molecule has 0 bridgehead atoms. The number of rotatable bonds is 6. The molecule has 9 heteroatoms. The van der Waals surface area contributed by atoms with Crippen molar-refractivity contribution < 1.29 is 18.5 Å². The highest BCUT2D eigenvalue weighted by molar-refractivity contribution is 7.13. The van der Waals surface area contributed by atoms with E-state index in [9.17, 15) is 4.79 Å². The van der Waals surface area contributed by atoms with E-state index in [1.807, 2.05) is 54.8 Å². The minimum Gasteiger partial charge on any atom is -0.497 e. The van der Waals surface area contributed by atoms with Gasteiger partial charge < -0.3 is 19.0 Å². The van der Waals surface area contributed by atoms with E-state index in [-0.39, 0.29) is 12.6 Å². The van der Waals surface area contributed by atoms with Gasteiger partial charge in [0.2, 0.25) is 5.82 Å². The number of benzene rings is 1. The van der Waals surface area contributed by atoms with Crippen molar-refractivity contribution in [2.45, 2.75) is 19.5 Å². The average molecular weight is 449 g/mol. The van der Waals surface area contributed by atoms with Gasteiger partial charge in [-0.25, -0.2) is 4.79 Å². The lowest BCUT2D eigenvalue weighted by Crippen LogP contribution is -2.45. The van der Waals surface area contributed by atoms with E-state index in [1.165, 1.54) is 11.3 Å². The van der Waals surface area contributed by atoms with Crippen LogP contribution in [-0.4, -0.2) is 28.2 Å². The second-order valence-corrected chi connectivity index (χ2v) is 8.17. The zero-order valence-electron chi connectivity index (χ0n) is 17.4. The third kappa shape index (κ3) is 3.67. The Morgan fingerprint density at radius 1 is 1.22 bits per heavy atom. The highest BCUT2D eigenvalue weighted by atomic mass is 32.1. The van der Waals surface area contributed by atoms with Crippen LogP contribution >= 0.6 is 11.3 Å². The van der Waals surface area contributed by atoms with Gasteiger partial charge in [-0.05, 0) is 48.2 Å². The normalized spacial score (nSPS) is 16.4. The molecular weight excluding hydrogens is 428 g/mol. The molecule has 3 aromatic heterocycles. The summed E-state index contributed by atoms with van der Waals surface area (Å²) < 4.78 is 16.5. The molecule has 8 nitrogen and oxygen atoms in total. The monoisotopic (exact) mass is 448 g/mol. The van der Waals surface area contributed by atoms with E-state index in [0.717, 1.165) is 16.0 Å². The van der Waals surface area contributed by atoms with Crippen molar-refractivity contribution in [3.05, 3.63) is 83.1 Å². The van der Waals surface area contributed by atoms with Crippen LogP contribution in [0.5, 0.6) is 5.75 Å². The molecule has 4 aromatic rings. The smallest absolute Gasteiger partial charge is 0.322 e. The lowest BCUT2D eigenvalue weighted by Gasteiger charge is -2.34. The molecule has 5 rings (SSSR count). The van der Waals surface area contributed by atoms with E-state index in [2.05, 4.69) is 15.5 Å². The minimum absolute atomic E-state index is 0.242. The Bertz CT molecular complexity index is 1260. The van der Waals surface area contributed by atoms with Gasteiger partial charge in [-0.3, -0.25) is 4.90 Å². The number of nitrogens with zero attached hydrogens (tertiary/aromatic N) is 3. The lowest BCUT2D eigenvalue weighted by molar-refractivity contribution is 0.199. The molecule has 2 amide bonds. The fourth-order valence-corrected chi connectivity index (χ4v) is 4.37. The highest BCUT2D eigenvalue weighted by Gasteiger charge is 2.36. The lowest BCUT2D eigenvalue weighted by atomic mass is 9.94. The van der Waals surface area contributed by atoms with Gasteiger partial charge in [0.25, 0.3) is 5.89 Å². The zero-order chi connectivity index (χ0) is 22.1.